The van der Waals surface area contributed by atoms with Crippen molar-refractivity contribution in [1.29, 1.82) is 0 Å². The van der Waals surface area contributed by atoms with Crippen molar-refractivity contribution in [2.75, 3.05) is 51.0 Å². The molecule has 1 atom stereocenters. The van der Waals surface area contributed by atoms with Crippen molar-refractivity contribution >= 4 is 55.5 Å². The van der Waals surface area contributed by atoms with Gasteiger partial charge >= 0.3 is 0 Å². The van der Waals surface area contributed by atoms with Gasteiger partial charge in [-0.3, -0.25) is 38.5 Å². The van der Waals surface area contributed by atoms with Crippen molar-refractivity contribution in [2.24, 2.45) is 0 Å². The predicted octanol–water partition coefficient (Wildman–Crippen LogP) is 8.92. The number of rotatable bonds is 26. The SMILES string of the molecule is CCN(CCOc1ccc(Oc2c(-c3ccc(S(C)(=O)=O)cc3)ccc3cc(OCc4ccccc4)ccc23)cc1)CCC(=O)CCC(=O)CCC(=O)CCNc1cccc2c1C(=O)N(C1CCONO1)C2=O. The number of benzene rings is 6. The van der Waals surface area contributed by atoms with Crippen LogP contribution in [0.3, 0.4) is 0 Å². The molecule has 8 rings (SSSR count). The minimum absolute atomic E-state index is 0.0300. The first-order valence-electron chi connectivity index (χ1n) is 24.3. The molecule has 2 amide bonds. The van der Waals surface area contributed by atoms with E-state index in [-0.39, 0.29) is 85.0 Å². The monoisotopic (exact) mass is 1010 g/mol. The summed E-state index contributed by atoms with van der Waals surface area (Å²) in [5, 5.41) is 4.84. The molecule has 1 saturated heterocycles. The van der Waals surface area contributed by atoms with Crippen LogP contribution in [0.25, 0.3) is 21.9 Å². The molecule has 2 aliphatic heterocycles. The Morgan fingerprint density at radius 1 is 0.726 bits per heavy atom. The summed E-state index contributed by atoms with van der Waals surface area (Å²) in [7, 11) is -3.38. The number of hydrogen-bond acceptors (Lipinski definition) is 15. The van der Waals surface area contributed by atoms with Crippen LogP contribution in [0.4, 0.5) is 5.69 Å². The second kappa shape index (κ2) is 24.4. The van der Waals surface area contributed by atoms with Gasteiger partial charge in [0.25, 0.3) is 11.8 Å². The number of ether oxygens (including phenoxy) is 3. The Morgan fingerprint density at radius 3 is 2.12 bits per heavy atom. The number of likely N-dealkylation sites (N-methyl/N-ethyl adjacent to an activating group) is 1. The fraction of sp³-hybridized carbons (Fsp3) is 0.304. The third-order valence-electron chi connectivity index (χ3n) is 12.7. The van der Waals surface area contributed by atoms with Crippen molar-refractivity contribution in [1.82, 2.24) is 15.4 Å². The van der Waals surface area contributed by atoms with Crippen molar-refractivity contribution in [3.63, 3.8) is 0 Å². The van der Waals surface area contributed by atoms with E-state index in [0.717, 1.165) is 32.4 Å². The van der Waals surface area contributed by atoms with E-state index in [1.807, 2.05) is 91.9 Å². The summed E-state index contributed by atoms with van der Waals surface area (Å²) in [6.07, 6.45) is 1.35. The number of anilines is 1. The molecule has 380 valence electrons. The molecule has 0 bridgehead atoms. The maximum atomic E-state index is 13.2. The fourth-order valence-corrected chi connectivity index (χ4v) is 9.20. The van der Waals surface area contributed by atoms with Crippen LogP contribution in [0.2, 0.25) is 0 Å². The topological polar surface area (TPSA) is 196 Å². The quantitative estimate of drug-likeness (QED) is 0.0488. The zero-order valence-electron chi connectivity index (χ0n) is 40.8. The first-order chi connectivity index (χ1) is 35.3. The number of amides is 2. The number of Topliss-reactive ketones (excluding diaryl/α,β-unsaturated/α-hetero) is 3. The van der Waals surface area contributed by atoms with E-state index in [9.17, 15) is 32.4 Å². The highest BCUT2D eigenvalue weighted by Gasteiger charge is 2.43. The van der Waals surface area contributed by atoms with Gasteiger partial charge in [0.1, 0.15) is 53.6 Å². The summed E-state index contributed by atoms with van der Waals surface area (Å²) in [6.45, 7) is 5.08. The lowest BCUT2D eigenvalue weighted by Crippen LogP contribution is -2.47. The lowest BCUT2D eigenvalue weighted by Gasteiger charge is -2.28. The molecule has 1 fully saturated rings. The molecule has 6 aromatic rings. The Balaban J connectivity index is 0.764. The summed E-state index contributed by atoms with van der Waals surface area (Å²) < 4.78 is 43.2. The van der Waals surface area contributed by atoms with Gasteiger partial charge in [-0.1, -0.05) is 67.2 Å². The molecule has 1 unspecified atom stereocenters. The Hall–Kier alpha value is -7.28. The molecule has 0 aliphatic carbocycles. The fourth-order valence-electron chi connectivity index (χ4n) is 8.57. The molecule has 2 N–H and O–H groups in total. The lowest BCUT2D eigenvalue weighted by atomic mass is 9.99. The number of hydrogen-bond donors (Lipinski definition) is 2. The number of sulfone groups is 1. The maximum Gasteiger partial charge on any atom is 0.265 e. The van der Waals surface area contributed by atoms with Gasteiger partial charge in [0.2, 0.25) is 0 Å². The van der Waals surface area contributed by atoms with E-state index in [2.05, 4.69) is 15.9 Å². The number of carbonyl (C=O) groups is 5. The maximum absolute atomic E-state index is 13.2. The molecule has 0 spiro atoms. The Labute approximate surface area is 424 Å². The molecule has 0 saturated carbocycles. The molecule has 16 nitrogen and oxygen atoms in total. The van der Waals surface area contributed by atoms with E-state index >= 15 is 0 Å². The molecule has 73 heavy (non-hydrogen) atoms. The van der Waals surface area contributed by atoms with Crippen LogP contribution in [0, 0.1) is 0 Å². The molecule has 17 heteroatoms. The number of carbonyl (C=O) groups excluding carboxylic acids is 5. The molecule has 0 radical (unpaired) electrons. The highest BCUT2D eigenvalue weighted by Crippen LogP contribution is 2.41. The van der Waals surface area contributed by atoms with Crippen LogP contribution in [0.1, 0.15) is 78.1 Å². The van der Waals surface area contributed by atoms with Gasteiger partial charge in [-0.15, -0.1) is 0 Å². The summed E-state index contributed by atoms with van der Waals surface area (Å²) in [6, 6.07) is 38.7. The Morgan fingerprint density at radius 2 is 1.42 bits per heavy atom. The van der Waals surface area contributed by atoms with Gasteiger partial charge in [0.05, 0.1) is 22.6 Å². The van der Waals surface area contributed by atoms with E-state index in [1.165, 1.54) is 6.26 Å². The average molecular weight is 1010 g/mol. The zero-order valence-corrected chi connectivity index (χ0v) is 41.6. The lowest BCUT2D eigenvalue weighted by molar-refractivity contribution is -0.259. The van der Waals surface area contributed by atoms with Crippen LogP contribution in [0.15, 0.2) is 132 Å². The van der Waals surface area contributed by atoms with Crippen LogP contribution in [-0.2, 0) is 40.5 Å². The number of nitrogens with zero attached hydrogens (tertiary/aromatic N) is 2. The number of nitrogens with one attached hydrogen (secondary N) is 2. The highest BCUT2D eigenvalue weighted by atomic mass is 32.2. The largest absolute Gasteiger partial charge is 0.492 e. The van der Waals surface area contributed by atoms with Crippen LogP contribution >= 0.6 is 0 Å². The van der Waals surface area contributed by atoms with Gasteiger partial charge in [-0.05, 0) is 95.9 Å². The summed E-state index contributed by atoms with van der Waals surface area (Å²) >= 11 is 0. The van der Waals surface area contributed by atoms with E-state index < -0.39 is 27.9 Å². The molecule has 2 heterocycles. The van der Waals surface area contributed by atoms with Crippen LogP contribution in [-0.4, -0.2) is 99.3 Å². The summed E-state index contributed by atoms with van der Waals surface area (Å²) in [4.78, 5) is 77.9. The number of fused-ring (bicyclic) bond motifs is 2. The minimum Gasteiger partial charge on any atom is -0.492 e. The first kappa shape index (κ1) is 52.1. The molecule has 2 aliphatic rings. The summed E-state index contributed by atoms with van der Waals surface area (Å²) in [5.74, 6) is 1.24. The van der Waals surface area contributed by atoms with Gasteiger partial charge in [-0.25, -0.2) is 13.3 Å². The minimum atomic E-state index is -3.38. The highest BCUT2D eigenvalue weighted by molar-refractivity contribution is 7.90. The Bertz CT molecular complexity index is 3050. The third kappa shape index (κ3) is 13.6. The molecule has 0 aromatic heterocycles. The van der Waals surface area contributed by atoms with E-state index in [1.54, 1.807) is 42.5 Å². The van der Waals surface area contributed by atoms with E-state index in [0.29, 0.717) is 68.0 Å². The molecular weight excluding hydrogens is 953 g/mol. The average Bonchev–Trinajstić information content (AvgIpc) is 3.67. The summed E-state index contributed by atoms with van der Waals surface area (Å²) in [5.41, 5.74) is 5.78. The standard InChI is InChI=1S/C56H58N4O12S/c1-3-59(32-29-43(63)18-16-41(61)15-17-42(62)28-31-57-51-11-7-10-50-53(51)56(65)60(55(50)64)52-30-34-70-58-72-52)33-35-68-44-19-21-45(22-20-44)71-54-48(39-12-24-47(25-13-39)73(2,66)67)26-14-40-36-46(23-27-49(40)54)69-37-38-8-5-4-6-9-38/h4-14,19-27,36,52,57-58H,3,15-18,28-35,37H2,1-2H3. The van der Waals surface area contributed by atoms with Crippen molar-refractivity contribution in [3.05, 3.63) is 144 Å². The molecular formula is C56H58N4O12S. The predicted molar refractivity (Wildman–Crippen MR) is 274 cm³/mol. The first-order valence-corrected chi connectivity index (χ1v) is 26.2. The second-order valence-electron chi connectivity index (χ2n) is 17.8. The van der Waals surface area contributed by atoms with Crippen molar-refractivity contribution in [3.8, 4) is 34.1 Å². The molecule has 6 aromatic carbocycles. The zero-order chi connectivity index (χ0) is 51.3. The number of ketones is 3. The van der Waals surface area contributed by atoms with Gasteiger partial charge in [-0.2, -0.15) is 0 Å². The van der Waals surface area contributed by atoms with Gasteiger partial charge < -0.3 is 19.5 Å². The smallest absolute Gasteiger partial charge is 0.265 e. The van der Waals surface area contributed by atoms with Crippen LogP contribution in [0.5, 0.6) is 23.0 Å². The second-order valence-corrected chi connectivity index (χ2v) is 19.8. The van der Waals surface area contributed by atoms with Gasteiger partial charge in [0, 0.05) is 87.5 Å². The third-order valence-corrected chi connectivity index (χ3v) is 13.8. The Kier molecular flexibility index (Phi) is 17.4. The van der Waals surface area contributed by atoms with Crippen LogP contribution < -0.4 is 25.2 Å². The van der Waals surface area contributed by atoms with E-state index in [4.69, 9.17) is 23.9 Å². The van der Waals surface area contributed by atoms with Gasteiger partial charge in [0.15, 0.2) is 16.1 Å². The van der Waals surface area contributed by atoms with Crippen molar-refractivity contribution < 1.29 is 56.3 Å². The number of imide groups is 1. The normalized spacial score (nSPS) is 14.6. The van der Waals surface area contributed by atoms with Crippen molar-refractivity contribution in [2.45, 2.75) is 69.6 Å².